The van der Waals surface area contributed by atoms with Crippen molar-refractivity contribution in [3.8, 4) is 0 Å². The normalized spacial score (nSPS) is 14.1. The summed E-state index contributed by atoms with van der Waals surface area (Å²) in [5.41, 5.74) is 6.78. The number of thiophene rings is 1. The first-order valence-corrected chi connectivity index (χ1v) is 7.84. The van der Waals surface area contributed by atoms with E-state index in [1.807, 2.05) is 0 Å². The van der Waals surface area contributed by atoms with Crippen LogP contribution in [-0.4, -0.2) is 25.3 Å². The van der Waals surface area contributed by atoms with Gasteiger partial charge in [0.1, 0.15) is 5.00 Å². The van der Waals surface area contributed by atoms with E-state index in [9.17, 15) is 9.59 Å². The Bertz CT molecular complexity index is 521. The van der Waals surface area contributed by atoms with Crippen LogP contribution in [0.1, 0.15) is 52.6 Å². The Morgan fingerprint density at radius 1 is 1.40 bits per heavy atom. The summed E-state index contributed by atoms with van der Waals surface area (Å²) in [5.74, 6) is -0.0502. The van der Waals surface area contributed by atoms with Crippen LogP contribution >= 0.6 is 11.3 Å². The summed E-state index contributed by atoms with van der Waals surface area (Å²) in [6.07, 6.45) is 3.95. The van der Waals surface area contributed by atoms with Crippen molar-refractivity contribution in [3.63, 3.8) is 0 Å². The third-order valence-electron chi connectivity index (χ3n) is 3.39. The first kappa shape index (κ1) is 14.8. The minimum absolute atomic E-state index is 0.0844. The highest BCUT2D eigenvalue weighted by atomic mass is 32.1. The SMILES string of the molecule is CCCCNc1sc(C(=O)C2CC2)c(N)c1C(=O)NC. The highest BCUT2D eigenvalue weighted by molar-refractivity contribution is 7.19. The van der Waals surface area contributed by atoms with E-state index in [0.717, 1.165) is 32.2 Å². The molecule has 1 aromatic rings. The smallest absolute Gasteiger partial charge is 0.256 e. The summed E-state index contributed by atoms with van der Waals surface area (Å²) >= 11 is 1.31. The van der Waals surface area contributed by atoms with Gasteiger partial charge in [-0.05, 0) is 19.3 Å². The Hall–Kier alpha value is -1.56. The van der Waals surface area contributed by atoms with E-state index in [1.54, 1.807) is 7.05 Å². The Morgan fingerprint density at radius 2 is 2.10 bits per heavy atom. The largest absolute Gasteiger partial charge is 0.397 e. The summed E-state index contributed by atoms with van der Waals surface area (Å²) in [7, 11) is 1.57. The monoisotopic (exact) mass is 295 g/mol. The number of amides is 1. The lowest BCUT2D eigenvalue weighted by atomic mass is 10.1. The second-order valence-corrected chi connectivity index (χ2v) is 6.07. The number of carbonyl (C=O) groups excluding carboxylic acids is 2. The second kappa shape index (κ2) is 6.26. The quantitative estimate of drug-likeness (QED) is 0.533. The van der Waals surface area contributed by atoms with Crippen molar-refractivity contribution in [1.82, 2.24) is 5.32 Å². The van der Waals surface area contributed by atoms with E-state index in [2.05, 4.69) is 17.6 Å². The Balaban J connectivity index is 2.29. The summed E-state index contributed by atoms with van der Waals surface area (Å²) in [5, 5.41) is 6.52. The van der Waals surface area contributed by atoms with Crippen LogP contribution in [0.3, 0.4) is 0 Å². The van der Waals surface area contributed by atoms with E-state index in [1.165, 1.54) is 11.3 Å². The van der Waals surface area contributed by atoms with Gasteiger partial charge in [-0.1, -0.05) is 13.3 Å². The van der Waals surface area contributed by atoms with E-state index in [0.29, 0.717) is 21.1 Å². The molecule has 1 aliphatic rings. The van der Waals surface area contributed by atoms with E-state index in [-0.39, 0.29) is 17.6 Å². The molecule has 0 atom stereocenters. The van der Waals surface area contributed by atoms with Crippen LogP contribution in [0.4, 0.5) is 10.7 Å². The molecule has 2 rings (SSSR count). The van der Waals surface area contributed by atoms with Crippen molar-refractivity contribution in [3.05, 3.63) is 10.4 Å². The van der Waals surface area contributed by atoms with Gasteiger partial charge in [0.05, 0.1) is 16.1 Å². The number of carbonyl (C=O) groups is 2. The van der Waals surface area contributed by atoms with Gasteiger partial charge in [0.15, 0.2) is 5.78 Å². The maximum absolute atomic E-state index is 12.2. The topological polar surface area (TPSA) is 84.2 Å². The Morgan fingerprint density at radius 3 is 2.65 bits per heavy atom. The number of nitrogens with one attached hydrogen (secondary N) is 2. The zero-order valence-corrected chi connectivity index (χ0v) is 12.7. The molecule has 0 unspecified atom stereocenters. The summed E-state index contributed by atoms with van der Waals surface area (Å²) < 4.78 is 0. The average molecular weight is 295 g/mol. The van der Waals surface area contributed by atoms with E-state index in [4.69, 9.17) is 5.73 Å². The lowest BCUT2D eigenvalue weighted by molar-refractivity contribution is 0.0964. The van der Waals surface area contributed by atoms with Crippen molar-refractivity contribution in [2.45, 2.75) is 32.6 Å². The van der Waals surface area contributed by atoms with Crippen LogP contribution in [0, 0.1) is 5.92 Å². The lowest BCUT2D eigenvalue weighted by Gasteiger charge is -2.06. The summed E-state index contributed by atoms with van der Waals surface area (Å²) in [6.45, 7) is 2.88. The number of nitrogen functional groups attached to an aromatic ring is 1. The molecule has 0 aliphatic heterocycles. The van der Waals surface area contributed by atoms with Crippen LogP contribution in [0.25, 0.3) is 0 Å². The molecule has 0 spiro atoms. The molecular formula is C14H21N3O2S. The Kier molecular flexibility index (Phi) is 4.65. The van der Waals surface area contributed by atoms with Gasteiger partial charge in [-0.15, -0.1) is 11.3 Å². The number of rotatable bonds is 7. The molecule has 1 aliphatic carbocycles. The molecule has 1 heterocycles. The predicted octanol–water partition coefficient (Wildman–Crippen LogP) is 2.49. The van der Waals surface area contributed by atoms with Crippen LogP contribution in [0.15, 0.2) is 0 Å². The molecule has 110 valence electrons. The van der Waals surface area contributed by atoms with Crippen molar-refractivity contribution >= 4 is 33.7 Å². The fraction of sp³-hybridized carbons (Fsp3) is 0.571. The number of Topliss-reactive ketones (excluding diaryl/α,β-unsaturated/α-hetero) is 1. The zero-order valence-electron chi connectivity index (χ0n) is 11.9. The third kappa shape index (κ3) is 2.95. The number of nitrogens with two attached hydrogens (primary N) is 1. The minimum atomic E-state index is -0.243. The molecule has 5 nitrogen and oxygen atoms in total. The standard InChI is InChI=1S/C14H21N3O2S/c1-3-4-7-17-14-9(13(19)16-2)10(15)12(20-14)11(18)8-5-6-8/h8,17H,3-7,15H2,1-2H3,(H,16,19). The third-order valence-corrected chi connectivity index (χ3v) is 4.56. The van der Waals surface area contributed by atoms with E-state index >= 15 is 0 Å². The van der Waals surface area contributed by atoms with Crippen molar-refractivity contribution in [2.75, 3.05) is 24.6 Å². The van der Waals surface area contributed by atoms with Gasteiger partial charge in [0.25, 0.3) is 5.91 Å². The van der Waals surface area contributed by atoms with Crippen LogP contribution in [0.5, 0.6) is 0 Å². The van der Waals surface area contributed by atoms with Crippen LogP contribution in [0.2, 0.25) is 0 Å². The van der Waals surface area contributed by atoms with Gasteiger partial charge in [-0.2, -0.15) is 0 Å². The molecule has 20 heavy (non-hydrogen) atoms. The minimum Gasteiger partial charge on any atom is -0.397 e. The molecule has 0 aromatic carbocycles. The lowest BCUT2D eigenvalue weighted by Crippen LogP contribution is -2.20. The van der Waals surface area contributed by atoms with E-state index < -0.39 is 0 Å². The van der Waals surface area contributed by atoms with Gasteiger partial charge >= 0.3 is 0 Å². The number of hydrogen-bond acceptors (Lipinski definition) is 5. The molecule has 0 saturated heterocycles. The number of ketones is 1. The van der Waals surface area contributed by atoms with Crippen molar-refractivity contribution in [1.29, 1.82) is 0 Å². The second-order valence-electron chi connectivity index (χ2n) is 5.05. The highest BCUT2D eigenvalue weighted by Gasteiger charge is 2.34. The Labute approximate surface area is 122 Å². The summed E-state index contributed by atoms with van der Waals surface area (Å²) in [4.78, 5) is 24.7. The first-order valence-electron chi connectivity index (χ1n) is 7.02. The maximum atomic E-state index is 12.2. The number of hydrogen-bond donors (Lipinski definition) is 3. The fourth-order valence-corrected chi connectivity index (χ4v) is 3.17. The molecular weight excluding hydrogens is 274 g/mol. The number of unbranched alkanes of at least 4 members (excludes halogenated alkanes) is 1. The van der Waals surface area contributed by atoms with Crippen LogP contribution in [-0.2, 0) is 0 Å². The van der Waals surface area contributed by atoms with Gasteiger partial charge in [0.2, 0.25) is 0 Å². The van der Waals surface area contributed by atoms with Gasteiger partial charge < -0.3 is 16.4 Å². The van der Waals surface area contributed by atoms with Gasteiger partial charge in [-0.3, -0.25) is 9.59 Å². The first-order chi connectivity index (χ1) is 9.60. The van der Waals surface area contributed by atoms with Gasteiger partial charge in [-0.25, -0.2) is 0 Å². The van der Waals surface area contributed by atoms with Gasteiger partial charge in [0, 0.05) is 19.5 Å². The molecule has 1 aromatic heterocycles. The fourth-order valence-electron chi connectivity index (χ4n) is 2.01. The molecule has 4 N–H and O–H groups in total. The van der Waals surface area contributed by atoms with Crippen molar-refractivity contribution in [2.24, 2.45) is 5.92 Å². The van der Waals surface area contributed by atoms with Crippen molar-refractivity contribution < 1.29 is 9.59 Å². The molecule has 6 heteroatoms. The molecule has 1 saturated carbocycles. The number of anilines is 2. The molecule has 0 bridgehead atoms. The average Bonchev–Trinajstić information content (AvgIpc) is 3.23. The highest BCUT2D eigenvalue weighted by Crippen LogP contribution is 2.41. The molecule has 1 amide bonds. The summed E-state index contributed by atoms with van der Waals surface area (Å²) in [6, 6.07) is 0. The van der Waals surface area contributed by atoms with Crippen LogP contribution < -0.4 is 16.4 Å². The predicted molar refractivity (Wildman–Crippen MR) is 82.6 cm³/mol. The maximum Gasteiger partial charge on any atom is 0.256 e. The zero-order chi connectivity index (χ0) is 14.7. The molecule has 1 fully saturated rings. The molecule has 0 radical (unpaired) electrons.